The molecule has 0 aliphatic rings. The Kier molecular flexibility index (Phi) is 2.07. The molecule has 0 N–H and O–H groups in total. The molecule has 0 unspecified atom stereocenters. The Balaban J connectivity index is 2.41. The van der Waals surface area contributed by atoms with Crippen molar-refractivity contribution < 1.29 is 4.42 Å². The van der Waals surface area contributed by atoms with Crippen molar-refractivity contribution in [3.05, 3.63) is 41.2 Å². The van der Waals surface area contributed by atoms with E-state index in [4.69, 9.17) is 16.0 Å². The molecular weight excluding hydrogens is 186 g/mol. The summed E-state index contributed by atoms with van der Waals surface area (Å²) in [5, 5.41) is 0.315. The Bertz CT molecular complexity index is 405. The quantitative estimate of drug-likeness (QED) is 0.695. The number of nitrogens with zero attached hydrogens (tertiary/aromatic N) is 1. The zero-order valence-corrected chi connectivity index (χ0v) is 7.88. The van der Waals surface area contributed by atoms with Gasteiger partial charge in [0, 0.05) is 5.56 Å². The van der Waals surface area contributed by atoms with Gasteiger partial charge in [-0.15, -0.1) is 0 Å². The first-order chi connectivity index (χ1) is 6.25. The highest BCUT2D eigenvalue weighted by molar-refractivity contribution is 6.28. The number of aryl methyl sites for hydroxylation is 1. The van der Waals surface area contributed by atoms with Gasteiger partial charge < -0.3 is 4.42 Å². The molecule has 0 aliphatic carbocycles. The highest BCUT2D eigenvalue weighted by Gasteiger charge is 2.03. The SMILES string of the molecule is Cc1ccc(-c2ncc(Cl)o2)cc1. The Morgan fingerprint density at radius 2 is 1.92 bits per heavy atom. The lowest BCUT2D eigenvalue weighted by atomic mass is 10.1. The molecule has 0 saturated heterocycles. The first-order valence-corrected chi connectivity index (χ1v) is 4.32. The normalized spacial score (nSPS) is 10.3. The summed E-state index contributed by atoms with van der Waals surface area (Å²) < 4.78 is 5.16. The van der Waals surface area contributed by atoms with Gasteiger partial charge in [0.05, 0.1) is 6.20 Å². The Labute approximate surface area is 81.2 Å². The second-order valence-electron chi connectivity index (χ2n) is 2.84. The van der Waals surface area contributed by atoms with Crippen molar-refractivity contribution in [3.8, 4) is 11.5 Å². The lowest BCUT2D eigenvalue weighted by Crippen LogP contribution is -1.76. The van der Waals surface area contributed by atoms with Crippen molar-refractivity contribution in [1.82, 2.24) is 4.98 Å². The van der Waals surface area contributed by atoms with Gasteiger partial charge in [0.15, 0.2) is 0 Å². The van der Waals surface area contributed by atoms with E-state index in [1.807, 2.05) is 31.2 Å². The van der Waals surface area contributed by atoms with Crippen LogP contribution < -0.4 is 0 Å². The van der Waals surface area contributed by atoms with Crippen molar-refractivity contribution in [2.75, 3.05) is 0 Å². The molecule has 2 nitrogen and oxygen atoms in total. The zero-order valence-electron chi connectivity index (χ0n) is 7.12. The molecule has 0 bridgehead atoms. The van der Waals surface area contributed by atoms with Gasteiger partial charge >= 0.3 is 0 Å². The molecule has 0 saturated carbocycles. The standard InChI is InChI=1S/C10H8ClNO/c1-7-2-4-8(5-3-7)10-12-6-9(11)13-10/h2-6H,1H3. The minimum atomic E-state index is 0.315. The zero-order chi connectivity index (χ0) is 9.26. The second kappa shape index (κ2) is 3.23. The number of halogens is 1. The van der Waals surface area contributed by atoms with Crippen LogP contribution in [-0.2, 0) is 0 Å². The predicted octanol–water partition coefficient (Wildman–Crippen LogP) is 3.30. The Hall–Kier alpha value is -1.28. The van der Waals surface area contributed by atoms with Crippen LogP contribution in [0.5, 0.6) is 0 Å². The molecule has 0 fully saturated rings. The minimum absolute atomic E-state index is 0.315. The molecule has 3 heteroatoms. The summed E-state index contributed by atoms with van der Waals surface area (Å²) >= 11 is 5.61. The van der Waals surface area contributed by atoms with Crippen molar-refractivity contribution in [2.24, 2.45) is 0 Å². The van der Waals surface area contributed by atoms with Crippen LogP contribution in [0.3, 0.4) is 0 Å². The second-order valence-corrected chi connectivity index (χ2v) is 3.21. The van der Waals surface area contributed by atoms with Crippen LogP contribution >= 0.6 is 11.6 Å². The van der Waals surface area contributed by atoms with Gasteiger partial charge in [-0.25, -0.2) is 4.98 Å². The topological polar surface area (TPSA) is 26.0 Å². The molecule has 0 radical (unpaired) electrons. The predicted molar refractivity (Wildman–Crippen MR) is 51.7 cm³/mol. The summed E-state index contributed by atoms with van der Waals surface area (Å²) in [5.74, 6) is 0.560. The molecule has 0 aliphatic heterocycles. The third-order valence-electron chi connectivity index (χ3n) is 1.78. The maximum atomic E-state index is 5.61. The van der Waals surface area contributed by atoms with Crippen LogP contribution in [0.25, 0.3) is 11.5 Å². The molecule has 1 aromatic heterocycles. The summed E-state index contributed by atoms with van der Waals surface area (Å²) in [7, 11) is 0. The summed E-state index contributed by atoms with van der Waals surface area (Å²) in [6.45, 7) is 2.03. The smallest absolute Gasteiger partial charge is 0.228 e. The fraction of sp³-hybridized carbons (Fsp3) is 0.100. The average molecular weight is 194 g/mol. The van der Waals surface area contributed by atoms with E-state index in [0.717, 1.165) is 5.56 Å². The third-order valence-corrected chi connectivity index (χ3v) is 1.95. The molecule has 2 rings (SSSR count). The van der Waals surface area contributed by atoms with Gasteiger partial charge in [0.1, 0.15) is 0 Å². The molecule has 1 aromatic carbocycles. The maximum Gasteiger partial charge on any atom is 0.228 e. The van der Waals surface area contributed by atoms with Crippen molar-refractivity contribution >= 4 is 11.6 Å². The van der Waals surface area contributed by atoms with Gasteiger partial charge in [-0.3, -0.25) is 0 Å². The highest BCUT2D eigenvalue weighted by Crippen LogP contribution is 2.21. The van der Waals surface area contributed by atoms with Gasteiger partial charge in [-0.2, -0.15) is 0 Å². The monoisotopic (exact) mass is 193 g/mol. The lowest BCUT2D eigenvalue weighted by Gasteiger charge is -1.95. The van der Waals surface area contributed by atoms with Gasteiger partial charge in [0.25, 0.3) is 0 Å². The average Bonchev–Trinajstić information content (AvgIpc) is 2.53. The van der Waals surface area contributed by atoms with Crippen molar-refractivity contribution in [3.63, 3.8) is 0 Å². The molecule has 13 heavy (non-hydrogen) atoms. The Morgan fingerprint density at radius 3 is 2.46 bits per heavy atom. The van der Waals surface area contributed by atoms with Crippen LogP contribution in [0.1, 0.15) is 5.56 Å². The molecule has 0 atom stereocenters. The van der Waals surface area contributed by atoms with Crippen LogP contribution in [0.2, 0.25) is 5.22 Å². The summed E-state index contributed by atoms with van der Waals surface area (Å²) in [6, 6.07) is 7.93. The van der Waals surface area contributed by atoms with Gasteiger partial charge in [0.2, 0.25) is 11.1 Å². The number of aromatic nitrogens is 1. The van der Waals surface area contributed by atoms with E-state index in [0.29, 0.717) is 11.1 Å². The van der Waals surface area contributed by atoms with Crippen LogP contribution in [0.15, 0.2) is 34.9 Å². The van der Waals surface area contributed by atoms with Gasteiger partial charge in [-0.05, 0) is 30.7 Å². The summed E-state index contributed by atoms with van der Waals surface area (Å²) in [5.41, 5.74) is 2.15. The van der Waals surface area contributed by atoms with E-state index in [-0.39, 0.29) is 0 Å². The number of hydrogen-bond acceptors (Lipinski definition) is 2. The fourth-order valence-electron chi connectivity index (χ4n) is 1.08. The summed E-state index contributed by atoms with van der Waals surface area (Å²) in [6.07, 6.45) is 1.50. The number of benzene rings is 1. The van der Waals surface area contributed by atoms with Crippen LogP contribution in [-0.4, -0.2) is 4.98 Å². The Morgan fingerprint density at radius 1 is 1.23 bits per heavy atom. The molecule has 1 heterocycles. The highest BCUT2D eigenvalue weighted by atomic mass is 35.5. The lowest BCUT2D eigenvalue weighted by molar-refractivity contribution is 0.576. The van der Waals surface area contributed by atoms with E-state index in [1.54, 1.807) is 0 Å². The largest absolute Gasteiger partial charge is 0.425 e. The van der Waals surface area contributed by atoms with Crippen LogP contribution in [0, 0.1) is 6.92 Å². The third kappa shape index (κ3) is 1.73. The number of oxazole rings is 1. The molecule has 66 valence electrons. The molecule has 0 spiro atoms. The van der Waals surface area contributed by atoms with E-state index in [9.17, 15) is 0 Å². The first-order valence-electron chi connectivity index (χ1n) is 3.94. The van der Waals surface area contributed by atoms with Gasteiger partial charge in [-0.1, -0.05) is 17.7 Å². The maximum absolute atomic E-state index is 5.61. The minimum Gasteiger partial charge on any atom is -0.425 e. The molecular formula is C10H8ClNO. The summed E-state index contributed by atoms with van der Waals surface area (Å²) in [4.78, 5) is 4.02. The fourth-order valence-corrected chi connectivity index (χ4v) is 1.21. The van der Waals surface area contributed by atoms with Crippen LogP contribution in [0.4, 0.5) is 0 Å². The molecule has 2 aromatic rings. The van der Waals surface area contributed by atoms with E-state index in [2.05, 4.69) is 4.98 Å². The van der Waals surface area contributed by atoms with Crippen molar-refractivity contribution in [2.45, 2.75) is 6.92 Å². The molecule has 0 amide bonds. The van der Waals surface area contributed by atoms with E-state index >= 15 is 0 Å². The number of hydrogen-bond donors (Lipinski definition) is 0. The van der Waals surface area contributed by atoms with E-state index < -0.39 is 0 Å². The first kappa shape index (κ1) is 8.32. The number of rotatable bonds is 1. The van der Waals surface area contributed by atoms with Crippen molar-refractivity contribution in [1.29, 1.82) is 0 Å². The van der Waals surface area contributed by atoms with E-state index in [1.165, 1.54) is 11.8 Å².